The van der Waals surface area contributed by atoms with Crippen LogP contribution in [0.1, 0.15) is 34.4 Å². The van der Waals surface area contributed by atoms with Crippen LogP contribution in [0.15, 0.2) is 42.5 Å². The Bertz CT molecular complexity index is 592. The lowest BCUT2D eigenvalue weighted by Gasteiger charge is -2.12. The number of halogens is 3. The first-order valence-electron chi connectivity index (χ1n) is 5.84. The molecule has 0 heterocycles. The molecule has 3 heteroatoms. The first-order chi connectivity index (χ1) is 8.66. The van der Waals surface area contributed by atoms with Crippen molar-refractivity contribution >= 4 is 34.8 Å². The highest BCUT2D eigenvalue weighted by Gasteiger charge is 2.30. The number of rotatable bonds is 1. The summed E-state index contributed by atoms with van der Waals surface area (Å²) in [6.07, 6.45) is 0.916. The topological polar surface area (TPSA) is 0 Å². The molecule has 0 saturated heterocycles. The van der Waals surface area contributed by atoms with Gasteiger partial charge in [0.25, 0.3) is 0 Å². The molecule has 0 radical (unpaired) electrons. The van der Waals surface area contributed by atoms with Crippen molar-refractivity contribution in [2.45, 2.75) is 17.7 Å². The van der Waals surface area contributed by atoms with E-state index < -0.39 is 0 Å². The number of hydrogen-bond acceptors (Lipinski definition) is 0. The fourth-order valence-electron chi connectivity index (χ4n) is 2.62. The van der Waals surface area contributed by atoms with Crippen LogP contribution in [-0.2, 0) is 0 Å². The molecular formula is C15H11Cl3. The van der Waals surface area contributed by atoms with Gasteiger partial charge >= 0.3 is 0 Å². The molecule has 0 unspecified atom stereocenters. The molecule has 0 amide bonds. The van der Waals surface area contributed by atoms with E-state index in [9.17, 15) is 0 Å². The second-order valence-corrected chi connectivity index (χ2v) is 5.90. The third kappa shape index (κ3) is 2.03. The fourth-order valence-corrected chi connectivity index (χ4v) is 3.30. The molecule has 3 rings (SSSR count). The van der Waals surface area contributed by atoms with Crippen molar-refractivity contribution in [1.82, 2.24) is 0 Å². The second-order valence-electron chi connectivity index (χ2n) is 4.56. The Hall–Kier alpha value is -0.690. The van der Waals surface area contributed by atoms with Gasteiger partial charge in [0.15, 0.2) is 0 Å². The quantitative estimate of drug-likeness (QED) is 0.583. The van der Waals surface area contributed by atoms with E-state index in [0.717, 1.165) is 6.42 Å². The summed E-state index contributed by atoms with van der Waals surface area (Å²) >= 11 is 18.4. The molecule has 2 aromatic carbocycles. The summed E-state index contributed by atoms with van der Waals surface area (Å²) in [5.74, 6) is 0.318. The van der Waals surface area contributed by atoms with Crippen LogP contribution < -0.4 is 0 Å². The molecule has 0 nitrogen and oxygen atoms in total. The lowest BCUT2D eigenvalue weighted by Crippen LogP contribution is -1.96. The monoisotopic (exact) mass is 296 g/mol. The van der Waals surface area contributed by atoms with Crippen molar-refractivity contribution in [1.29, 1.82) is 0 Å². The highest BCUT2D eigenvalue weighted by molar-refractivity contribution is 6.42. The van der Waals surface area contributed by atoms with Crippen molar-refractivity contribution in [3.05, 3.63) is 69.2 Å². The minimum absolute atomic E-state index is 0.0839. The summed E-state index contributed by atoms with van der Waals surface area (Å²) in [6, 6.07) is 14.2. The van der Waals surface area contributed by atoms with Crippen molar-refractivity contribution < 1.29 is 0 Å². The van der Waals surface area contributed by atoms with Gasteiger partial charge in [0.1, 0.15) is 0 Å². The zero-order chi connectivity index (χ0) is 12.7. The largest absolute Gasteiger partial charge is 0.118 e. The first kappa shape index (κ1) is 12.3. The van der Waals surface area contributed by atoms with Crippen LogP contribution in [0.5, 0.6) is 0 Å². The van der Waals surface area contributed by atoms with Gasteiger partial charge in [-0.15, -0.1) is 11.6 Å². The Labute approximate surface area is 121 Å². The number of hydrogen-bond donors (Lipinski definition) is 0. The number of fused-ring (bicyclic) bond motifs is 1. The fraction of sp³-hybridized carbons (Fsp3) is 0.200. The molecule has 0 aliphatic heterocycles. The van der Waals surface area contributed by atoms with E-state index in [2.05, 4.69) is 18.2 Å². The van der Waals surface area contributed by atoms with Crippen molar-refractivity contribution in [3.63, 3.8) is 0 Å². The molecule has 2 atom stereocenters. The Morgan fingerprint density at radius 1 is 0.889 bits per heavy atom. The second kappa shape index (κ2) is 4.77. The summed E-state index contributed by atoms with van der Waals surface area (Å²) in [5.41, 5.74) is 3.71. The Morgan fingerprint density at radius 2 is 1.61 bits per heavy atom. The summed E-state index contributed by atoms with van der Waals surface area (Å²) < 4.78 is 0. The van der Waals surface area contributed by atoms with Gasteiger partial charge in [-0.2, -0.15) is 0 Å². The molecule has 2 aromatic rings. The molecule has 1 aliphatic rings. The van der Waals surface area contributed by atoms with Gasteiger partial charge in [0, 0.05) is 5.92 Å². The van der Waals surface area contributed by atoms with E-state index in [1.807, 2.05) is 24.3 Å². The lowest BCUT2D eigenvalue weighted by atomic mass is 9.93. The zero-order valence-electron chi connectivity index (χ0n) is 9.54. The van der Waals surface area contributed by atoms with Gasteiger partial charge in [-0.05, 0) is 35.2 Å². The van der Waals surface area contributed by atoms with Crippen LogP contribution >= 0.6 is 34.8 Å². The van der Waals surface area contributed by atoms with E-state index in [1.165, 1.54) is 16.7 Å². The van der Waals surface area contributed by atoms with Crippen molar-refractivity contribution in [2.24, 2.45) is 0 Å². The molecule has 0 saturated carbocycles. The van der Waals surface area contributed by atoms with Crippen molar-refractivity contribution in [3.8, 4) is 0 Å². The molecule has 1 aliphatic carbocycles. The lowest BCUT2D eigenvalue weighted by molar-refractivity contribution is 0.771. The maximum absolute atomic E-state index is 6.40. The maximum Gasteiger partial charge on any atom is 0.0597 e. The van der Waals surface area contributed by atoms with Gasteiger partial charge in [0.2, 0.25) is 0 Å². The standard InChI is InChI=1S/C15H11Cl3/c16-13-6-5-9(7-15(13)18)12-8-14(17)11-4-2-1-3-10(11)12/h1-7,12,14H,8H2/t12-,14-/m0/s1. The van der Waals surface area contributed by atoms with Crippen molar-refractivity contribution in [2.75, 3.05) is 0 Å². The van der Waals surface area contributed by atoms with E-state index in [-0.39, 0.29) is 5.38 Å². The van der Waals surface area contributed by atoms with E-state index in [0.29, 0.717) is 16.0 Å². The van der Waals surface area contributed by atoms with Gasteiger partial charge in [0.05, 0.1) is 15.4 Å². The molecule has 0 fully saturated rings. The molecule has 18 heavy (non-hydrogen) atoms. The third-order valence-corrected chi connectivity index (χ3v) is 4.65. The van der Waals surface area contributed by atoms with Crippen LogP contribution in [0.2, 0.25) is 10.0 Å². The van der Waals surface area contributed by atoms with E-state index in [4.69, 9.17) is 34.8 Å². The average molecular weight is 298 g/mol. The van der Waals surface area contributed by atoms with Crippen LogP contribution in [0.3, 0.4) is 0 Å². The zero-order valence-corrected chi connectivity index (χ0v) is 11.8. The first-order valence-corrected chi connectivity index (χ1v) is 7.04. The van der Waals surface area contributed by atoms with Crippen LogP contribution in [-0.4, -0.2) is 0 Å². The number of alkyl halides is 1. The minimum atomic E-state index is 0.0839. The molecule has 92 valence electrons. The Morgan fingerprint density at radius 3 is 2.33 bits per heavy atom. The SMILES string of the molecule is Clc1ccc([C@@H]2C[C@H](Cl)c3ccccc32)cc1Cl. The highest BCUT2D eigenvalue weighted by atomic mass is 35.5. The maximum atomic E-state index is 6.40. The molecular weight excluding hydrogens is 287 g/mol. The molecule has 0 spiro atoms. The predicted molar refractivity (Wildman–Crippen MR) is 78.0 cm³/mol. The predicted octanol–water partition coefficient (Wildman–Crippen LogP) is 5.81. The Balaban J connectivity index is 2.06. The van der Waals surface area contributed by atoms with Crippen LogP contribution in [0.25, 0.3) is 0 Å². The van der Waals surface area contributed by atoms with Crippen LogP contribution in [0, 0.1) is 0 Å². The van der Waals surface area contributed by atoms with E-state index in [1.54, 1.807) is 0 Å². The highest BCUT2D eigenvalue weighted by Crippen LogP contribution is 2.47. The minimum Gasteiger partial charge on any atom is -0.118 e. The molecule has 0 bridgehead atoms. The van der Waals surface area contributed by atoms with Gasteiger partial charge < -0.3 is 0 Å². The Kier molecular flexibility index (Phi) is 3.27. The summed E-state index contributed by atoms with van der Waals surface area (Å²) in [7, 11) is 0. The molecule has 0 aromatic heterocycles. The van der Waals surface area contributed by atoms with E-state index >= 15 is 0 Å². The summed E-state index contributed by atoms with van der Waals surface area (Å²) in [5, 5.41) is 1.28. The normalized spacial score (nSPS) is 21.9. The molecule has 0 N–H and O–H groups in total. The van der Waals surface area contributed by atoms with Gasteiger partial charge in [-0.1, -0.05) is 53.5 Å². The van der Waals surface area contributed by atoms with Gasteiger partial charge in [-0.25, -0.2) is 0 Å². The summed E-state index contributed by atoms with van der Waals surface area (Å²) in [6.45, 7) is 0. The van der Waals surface area contributed by atoms with Gasteiger partial charge in [-0.3, -0.25) is 0 Å². The average Bonchev–Trinajstić information content (AvgIpc) is 2.71. The van der Waals surface area contributed by atoms with Crippen LogP contribution in [0.4, 0.5) is 0 Å². The smallest absolute Gasteiger partial charge is 0.0597 e. The number of benzene rings is 2. The summed E-state index contributed by atoms with van der Waals surface area (Å²) in [4.78, 5) is 0. The third-order valence-electron chi connectivity index (χ3n) is 3.50.